The molecule has 2 atom stereocenters. The molecule has 136 valence electrons. The van der Waals surface area contributed by atoms with E-state index in [1.165, 1.54) is 0 Å². The molecule has 0 aliphatic carbocycles. The lowest BCUT2D eigenvalue weighted by molar-refractivity contribution is -0.0263. The number of ether oxygens (including phenoxy) is 1. The highest BCUT2D eigenvalue weighted by Crippen LogP contribution is 2.44. The molecule has 1 aliphatic heterocycles. The molecule has 4 heteroatoms. The Morgan fingerprint density at radius 1 is 0.852 bits per heavy atom. The van der Waals surface area contributed by atoms with Gasteiger partial charge in [-0.05, 0) is 24.3 Å². The third-order valence-corrected chi connectivity index (χ3v) is 5.07. The molecular weight excluding hydrogens is 338 g/mol. The van der Waals surface area contributed by atoms with Gasteiger partial charge in [0.05, 0.1) is 5.56 Å². The van der Waals surface area contributed by atoms with Crippen LogP contribution in [-0.4, -0.2) is 31.1 Å². The molecule has 3 aromatic rings. The first kappa shape index (κ1) is 17.3. The highest BCUT2D eigenvalue weighted by atomic mass is 16.5. The smallest absolute Gasteiger partial charge is 0.199 e. The highest BCUT2D eigenvalue weighted by molar-refractivity contribution is 6.04. The van der Waals surface area contributed by atoms with E-state index in [2.05, 4.69) is 0 Å². The predicted octanol–water partition coefficient (Wildman–Crippen LogP) is 3.63. The van der Waals surface area contributed by atoms with Crippen LogP contribution in [0.25, 0.3) is 0 Å². The summed E-state index contributed by atoms with van der Waals surface area (Å²) in [5.74, 6) is 0.144. The van der Waals surface area contributed by atoms with Gasteiger partial charge in [0.25, 0.3) is 0 Å². The summed E-state index contributed by atoms with van der Waals surface area (Å²) in [6.45, 7) is 0. The van der Waals surface area contributed by atoms with E-state index in [1.54, 1.807) is 18.2 Å². The Bertz CT molecular complexity index is 966. The van der Waals surface area contributed by atoms with Crippen molar-refractivity contribution in [3.8, 4) is 5.75 Å². The van der Waals surface area contributed by atoms with Gasteiger partial charge in [-0.15, -0.1) is 0 Å². The summed E-state index contributed by atoms with van der Waals surface area (Å²) in [5, 5.41) is 11.1. The lowest BCUT2D eigenvalue weighted by Crippen LogP contribution is -2.53. The molecule has 0 fully saturated rings. The maximum Gasteiger partial charge on any atom is 0.199 e. The van der Waals surface area contributed by atoms with Crippen LogP contribution in [-0.2, 0) is 5.60 Å². The molecule has 0 spiro atoms. The second kappa shape index (κ2) is 6.56. The Balaban J connectivity index is 1.94. The molecule has 0 aromatic heterocycles. The Labute approximate surface area is 158 Å². The molecule has 2 unspecified atom stereocenters. The number of ketones is 1. The first-order valence-electron chi connectivity index (χ1n) is 8.88. The van der Waals surface area contributed by atoms with Crippen molar-refractivity contribution in [2.24, 2.45) is 0 Å². The van der Waals surface area contributed by atoms with Gasteiger partial charge < -0.3 is 14.7 Å². The number of fused-ring (bicyclic) bond motifs is 1. The first-order valence-corrected chi connectivity index (χ1v) is 8.88. The summed E-state index contributed by atoms with van der Waals surface area (Å²) in [6.07, 6.45) is -1.35. The Hall–Kier alpha value is -3.11. The normalized spacial score (nSPS) is 21.3. The summed E-state index contributed by atoms with van der Waals surface area (Å²) >= 11 is 0. The minimum atomic E-state index is -1.35. The second-order valence-corrected chi connectivity index (χ2v) is 6.91. The number of carbonyl (C=O) groups excluding carboxylic acids is 1. The van der Waals surface area contributed by atoms with Crippen LogP contribution in [0.15, 0.2) is 78.9 Å². The number of hydrogen-bond donors (Lipinski definition) is 1. The van der Waals surface area contributed by atoms with Crippen molar-refractivity contribution in [3.63, 3.8) is 0 Å². The lowest BCUT2D eigenvalue weighted by Gasteiger charge is -2.42. The summed E-state index contributed by atoms with van der Waals surface area (Å²) in [5.41, 5.74) is 1.60. The Morgan fingerprint density at radius 3 is 2.11 bits per heavy atom. The largest absolute Gasteiger partial charge is 0.474 e. The third-order valence-electron chi connectivity index (χ3n) is 5.07. The molecule has 27 heavy (non-hydrogen) atoms. The fraction of sp³-hybridized carbons (Fsp3) is 0.174. The zero-order chi connectivity index (χ0) is 19.0. The minimum Gasteiger partial charge on any atom is -0.474 e. The number of para-hydroxylation sites is 1. The van der Waals surface area contributed by atoms with Gasteiger partial charge in [0, 0.05) is 30.9 Å². The van der Waals surface area contributed by atoms with Crippen molar-refractivity contribution in [1.82, 2.24) is 0 Å². The lowest BCUT2D eigenvalue weighted by atomic mass is 9.76. The van der Waals surface area contributed by atoms with Gasteiger partial charge in [-0.3, -0.25) is 4.79 Å². The van der Waals surface area contributed by atoms with Crippen molar-refractivity contribution >= 4 is 11.5 Å². The van der Waals surface area contributed by atoms with Gasteiger partial charge in [0.2, 0.25) is 0 Å². The van der Waals surface area contributed by atoms with Crippen molar-refractivity contribution in [2.45, 2.75) is 11.7 Å². The molecule has 4 nitrogen and oxygen atoms in total. The standard InChI is InChI=1S/C23H21NO3/c1-24(2)18-14-12-17(13-15-18)23(16-8-4-3-5-9-16)22(26)21(25)19-10-6-7-11-20(19)27-23/h3-15,22,26H,1-2H3. The molecular formula is C23H21NO3. The van der Waals surface area contributed by atoms with Crippen LogP contribution in [0.1, 0.15) is 21.5 Å². The number of carbonyl (C=O) groups is 1. The number of rotatable bonds is 3. The Kier molecular flexibility index (Phi) is 4.21. The SMILES string of the molecule is CN(C)c1ccc(C2(c3ccccc3)Oc3ccccc3C(=O)C2O)cc1. The van der Waals surface area contributed by atoms with E-state index in [-0.39, 0.29) is 5.78 Å². The molecule has 0 amide bonds. The fourth-order valence-electron chi connectivity index (χ4n) is 3.61. The number of anilines is 1. The molecule has 3 aromatic carbocycles. The Morgan fingerprint density at radius 2 is 1.44 bits per heavy atom. The fourth-order valence-corrected chi connectivity index (χ4v) is 3.61. The van der Waals surface area contributed by atoms with E-state index < -0.39 is 11.7 Å². The molecule has 0 radical (unpaired) electrons. The molecule has 0 saturated carbocycles. The average Bonchev–Trinajstić information content (AvgIpc) is 2.71. The van der Waals surface area contributed by atoms with Crippen LogP contribution >= 0.6 is 0 Å². The summed E-state index contributed by atoms with van der Waals surface area (Å²) in [7, 11) is 3.93. The molecule has 1 N–H and O–H groups in total. The number of aliphatic hydroxyl groups is 1. The number of Topliss-reactive ketones (excluding diaryl/α,β-unsaturated/α-hetero) is 1. The minimum absolute atomic E-state index is 0.336. The zero-order valence-electron chi connectivity index (χ0n) is 15.3. The maximum atomic E-state index is 13.0. The van der Waals surface area contributed by atoms with Crippen LogP contribution < -0.4 is 9.64 Å². The summed E-state index contributed by atoms with van der Waals surface area (Å²) in [4.78, 5) is 15.0. The number of hydrogen-bond acceptors (Lipinski definition) is 4. The first-order chi connectivity index (χ1) is 13.0. The van der Waals surface area contributed by atoms with Crippen molar-refractivity contribution in [1.29, 1.82) is 0 Å². The van der Waals surface area contributed by atoms with Gasteiger partial charge in [-0.2, -0.15) is 0 Å². The van der Waals surface area contributed by atoms with Crippen LogP contribution in [0.4, 0.5) is 5.69 Å². The molecule has 0 saturated heterocycles. The van der Waals surface area contributed by atoms with Crippen molar-refractivity contribution in [3.05, 3.63) is 95.6 Å². The van der Waals surface area contributed by atoms with Crippen LogP contribution in [0.3, 0.4) is 0 Å². The number of nitrogens with zero attached hydrogens (tertiary/aromatic N) is 1. The van der Waals surface area contributed by atoms with E-state index in [1.807, 2.05) is 79.7 Å². The predicted molar refractivity (Wildman–Crippen MR) is 105 cm³/mol. The quantitative estimate of drug-likeness (QED) is 0.776. The topological polar surface area (TPSA) is 49.8 Å². The monoisotopic (exact) mass is 359 g/mol. The molecule has 4 rings (SSSR count). The molecule has 1 heterocycles. The van der Waals surface area contributed by atoms with Gasteiger partial charge >= 0.3 is 0 Å². The summed E-state index contributed by atoms with van der Waals surface area (Å²) in [6, 6.07) is 24.2. The van der Waals surface area contributed by atoms with Crippen molar-refractivity contribution in [2.75, 3.05) is 19.0 Å². The zero-order valence-corrected chi connectivity index (χ0v) is 15.3. The molecule has 1 aliphatic rings. The highest BCUT2D eigenvalue weighted by Gasteiger charge is 2.51. The maximum absolute atomic E-state index is 13.0. The van der Waals surface area contributed by atoms with E-state index in [0.717, 1.165) is 16.8 Å². The number of benzene rings is 3. The van der Waals surface area contributed by atoms with Crippen LogP contribution in [0.5, 0.6) is 5.75 Å². The van der Waals surface area contributed by atoms with Crippen molar-refractivity contribution < 1.29 is 14.6 Å². The van der Waals surface area contributed by atoms with Crippen LogP contribution in [0, 0.1) is 0 Å². The van der Waals surface area contributed by atoms with Gasteiger partial charge in [-0.1, -0.05) is 54.6 Å². The second-order valence-electron chi connectivity index (χ2n) is 6.91. The average molecular weight is 359 g/mol. The third kappa shape index (κ3) is 2.69. The summed E-state index contributed by atoms with van der Waals surface area (Å²) < 4.78 is 6.39. The molecule has 0 bridgehead atoms. The van der Waals surface area contributed by atoms with E-state index in [9.17, 15) is 9.90 Å². The van der Waals surface area contributed by atoms with E-state index in [0.29, 0.717) is 11.3 Å². The van der Waals surface area contributed by atoms with E-state index in [4.69, 9.17) is 4.74 Å². The van der Waals surface area contributed by atoms with Gasteiger partial charge in [-0.25, -0.2) is 0 Å². The van der Waals surface area contributed by atoms with Gasteiger partial charge in [0.1, 0.15) is 5.75 Å². The van der Waals surface area contributed by atoms with E-state index >= 15 is 0 Å². The van der Waals surface area contributed by atoms with Gasteiger partial charge in [0.15, 0.2) is 17.5 Å². The van der Waals surface area contributed by atoms with Crippen LogP contribution in [0.2, 0.25) is 0 Å². The number of aliphatic hydroxyl groups excluding tert-OH is 1.